The van der Waals surface area contributed by atoms with Crippen LogP contribution in [0.2, 0.25) is 5.02 Å². The van der Waals surface area contributed by atoms with Gasteiger partial charge in [-0.25, -0.2) is 0 Å². The second kappa shape index (κ2) is 4.45. The van der Waals surface area contributed by atoms with Crippen LogP contribution in [0, 0.1) is 0 Å². The molecule has 0 aliphatic rings. The number of nitrogens with two attached hydrogens (primary N) is 1. The third-order valence-electron chi connectivity index (χ3n) is 1.74. The van der Waals surface area contributed by atoms with E-state index in [9.17, 15) is 0 Å². The Morgan fingerprint density at radius 1 is 1.33 bits per heavy atom. The van der Waals surface area contributed by atoms with Crippen LogP contribution in [0.5, 0.6) is 0 Å². The Labute approximate surface area is 77.0 Å². The summed E-state index contributed by atoms with van der Waals surface area (Å²) in [6, 6.07) is 7.26. The minimum atomic E-state index is -0.0905. The van der Waals surface area contributed by atoms with Gasteiger partial charge in [0.15, 0.2) is 0 Å². The Balaban J connectivity index is 2.68. The van der Waals surface area contributed by atoms with Crippen molar-refractivity contribution in [1.29, 1.82) is 0 Å². The van der Waals surface area contributed by atoms with Crippen molar-refractivity contribution in [2.24, 2.45) is 5.73 Å². The summed E-state index contributed by atoms with van der Waals surface area (Å²) >= 11 is 5.70. The molecule has 0 aliphatic carbocycles. The van der Waals surface area contributed by atoms with E-state index >= 15 is 0 Å². The number of aliphatic hydroxyl groups excluding tert-OH is 1. The molecule has 1 aromatic rings. The van der Waals surface area contributed by atoms with Crippen LogP contribution >= 0.6 is 11.6 Å². The molecule has 0 radical (unpaired) electrons. The molecule has 1 atom stereocenters. The maximum absolute atomic E-state index is 8.65. The first-order valence-electron chi connectivity index (χ1n) is 3.86. The van der Waals surface area contributed by atoms with Gasteiger partial charge in [-0.05, 0) is 24.1 Å². The Morgan fingerprint density at radius 2 is 1.92 bits per heavy atom. The SMILES string of the molecule is N[C@@H](CCO)c1ccc(Cl)cc1. The van der Waals surface area contributed by atoms with Crippen molar-refractivity contribution in [3.05, 3.63) is 34.9 Å². The second-order valence-corrected chi connectivity index (χ2v) is 3.11. The van der Waals surface area contributed by atoms with Gasteiger partial charge in [-0.15, -0.1) is 0 Å². The summed E-state index contributed by atoms with van der Waals surface area (Å²) in [5.74, 6) is 0. The molecule has 0 unspecified atom stereocenters. The van der Waals surface area contributed by atoms with Crippen LogP contribution in [0.4, 0.5) is 0 Å². The highest BCUT2D eigenvalue weighted by molar-refractivity contribution is 6.30. The molecular formula is C9H12ClNO. The average molecular weight is 186 g/mol. The molecule has 0 saturated heterocycles. The first-order valence-corrected chi connectivity index (χ1v) is 4.23. The molecule has 12 heavy (non-hydrogen) atoms. The summed E-state index contributed by atoms with van der Waals surface area (Å²) in [6.45, 7) is 0.115. The first-order chi connectivity index (χ1) is 5.74. The zero-order valence-electron chi connectivity index (χ0n) is 6.70. The molecule has 0 heterocycles. The highest BCUT2D eigenvalue weighted by atomic mass is 35.5. The van der Waals surface area contributed by atoms with E-state index in [0.29, 0.717) is 11.4 Å². The van der Waals surface area contributed by atoms with Crippen molar-refractivity contribution >= 4 is 11.6 Å². The van der Waals surface area contributed by atoms with Crippen molar-refractivity contribution in [3.8, 4) is 0 Å². The molecule has 0 aromatic heterocycles. The third kappa shape index (κ3) is 2.48. The molecule has 0 bridgehead atoms. The van der Waals surface area contributed by atoms with Crippen LogP contribution < -0.4 is 5.73 Å². The summed E-state index contributed by atoms with van der Waals surface area (Å²) in [7, 11) is 0. The minimum absolute atomic E-state index is 0.0905. The quantitative estimate of drug-likeness (QED) is 0.754. The van der Waals surface area contributed by atoms with E-state index in [0.717, 1.165) is 5.56 Å². The summed E-state index contributed by atoms with van der Waals surface area (Å²) in [5.41, 5.74) is 6.76. The Bertz CT molecular complexity index is 235. The zero-order chi connectivity index (χ0) is 8.97. The molecule has 0 fully saturated rings. The van der Waals surface area contributed by atoms with Gasteiger partial charge < -0.3 is 10.8 Å². The number of hydrogen-bond donors (Lipinski definition) is 2. The van der Waals surface area contributed by atoms with E-state index in [-0.39, 0.29) is 12.6 Å². The highest BCUT2D eigenvalue weighted by Gasteiger charge is 2.03. The van der Waals surface area contributed by atoms with Gasteiger partial charge in [-0.2, -0.15) is 0 Å². The molecule has 1 aromatic carbocycles. The number of aliphatic hydroxyl groups is 1. The van der Waals surface area contributed by atoms with E-state index in [1.807, 2.05) is 12.1 Å². The molecule has 1 rings (SSSR count). The summed E-state index contributed by atoms with van der Waals surface area (Å²) in [5, 5.41) is 9.35. The lowest BCUT2D eigenvalue weighted by molar-refractivity contribution is 0.276. The van der Waals surface area contributed by atoms with E-state index in [1.165, 1.54) is 0 Å². The van der Waals surface area contributed by atoms with Crippen LogP contribution in [-0.2, 0) is 0 Å². The molecule has 2 nitrogen and oxygen atoms in total. The van der Waals surface area contributed by atoms with E-state index < -0.39 is 0 Å². The molecule has 3 N–H and O–H groups in total. The monoisotopic (exact) mass is 185 g/mol. The molecule has 0 amide bonds. The van der Waals surface area contributed by atoms with Crippen molar-refractivity contribution < 1.29 is 5.11 Å². The fourth-order valence-electron chi connectivity index (χ4n) is 1.02. The van der Waals surface area contributed by atoms with Gasteiger partial charge in [0.05, 0.1) is 0 Å². The number of hydrogen-bond acceptors (Lipinski definition) is 2. The van der Waals surface area contributed by atoms with Crippen molar-refractivity contribution in [1.82, 2.24) is 0 Å². The third-order valence-corrected chi connectivity index (χ3v) is 1.99. The fraction of sp³-hybridized carbons (Fsp3) is 0.333. The minimum Gasteiger partial charge on any atom is -0.396 e. The molecule has 0 aliphatic heterocycles. The van der Waals surface area contributed by atoms with E-state index in [4.69, 9.17) is 22.4 Å². The topological polar surface area (TPSA) is 46.2 Å². The number of benzene rings is 1. The van der Waals surface area contributed by atoms with E-state index in [1.54, 1.807) is 12.1 Å². The normalized spacial score (nSPS) is 12.9. The molecule has 3 heteroatoms. The molecule has 0 saturated carbocycles. The average Bonchev–Trinajstić information content (AvgIpc) is 2.06. The van der Waals surface area contributed by atoms with Crippen LogP contribution in [0.25, 0.3) is 0 Å². The molecule has 66 valence electrons. The summed E-state index contributed by atoms with van der Waals surface area (Å²) in [4.78, 5) is 0. The smallest absolute Gasteiger partial charge is 0.0449 e. The summed E-state index contributed by atoms with van der Waals surface area (Å²) in [6.07, 6.45) is 0.585. The lowest BCUT2D eigenvalue weighted by atomic mass is 10.1. The highest BCUT2D eigenvalue weighted by Crippen LogP contribution is 2.16. The van der Waals surface area contributed by atoms with Crippen LogP contribution in [0.15, 0.2) is 24.3 Å². The molecule has 0 spiro atoms. The van der Waals surface area contributed by atoms with Gasteiger partial charge in [0, 0.05) is 17.7 Å². The molecular weight excluding hydrogens is 174 g/mol. The van der Waals surface area contributed by atoms with Gasteiger partial charge >= 0.3 is 0 Å². The van der Waals surface area contributed by atoms with Crippen molar-refractivity contribution in [3.63, 3.8) is 0 Å². The van der Waals surface area contributed by atoms with Gasteiger partial charge in [0.25, 0.3) is 0 Å². The lowest BCUT2D eigenvalue weighted by Crippen LogP contribution is -2.11. The van der Waals surface area contributed by atoms with Gasteiger partial charge in [0.1, 0.15) is 0 Å². The summed E-state index contributed by atoms with van der Waals surface area (Å²) < 4.78 is 0. The van der Waals surface area contributed by atoms with Gasteiger partial charge in [-0.1, -0.05) is 23.7 Å². The Morgan fingerprint density at radius 3 is 2.42 bits per heavy atom. The number of halogens is 1. The number of rotatable bonds is 3. The first kappa shape index (κ1) is 9.52. The zero-order valence-corrected chi connectivity index (χ0v) is 7.46. The predicted molar refractivity (Wildman–Crippen MR) is 50.1 cm³/mol. The van der Waals surface area contributed by atoms with E-state index in [2.05, 4.69) is 0 Å². The van der Waals surface area contributed by atoms with Gasteiger partial charge in [0.2, 0.25) is 0 Å². The second-order valence-electron chi connectivity index (χ2n) is 2.67. The maximum Gasteiger partial charge on any atom is 0.0449 e. The largest absolute Gasteiger partial charge is 0.396 e. The fourth-order valence-corrected chi connectivity index (χ4v) is 1.14. The lowest BCUT2D eigenvalue weighted by Gasteiger charge is -2.09. The van der Waals surface area contributed by atoms with Crippen LogP contribution in [0.3, 0.4) is 0 Å². The van der Waals surface area contributed by atoms with Crippen LogP contribution in [0.1, 0.15) is 18.0 Å². The van der Waals surface area contributed by atoms with Gasteiger partial charge in [-0.3, -0.25) is 0 Å². The standard InChI is InChI=1S/C9H12ClNO/c10-8-3-1-7(2-4-8)9(11)5-6-12/h1-4,9,12H,5-6,11H2/t9-/m0/s1. The maximum atomic E-state index is 8.65. The van der Waals surface area contributed by atoms with Crippen LogP contribution in [-0.4, -0.2) is 11.7 Å². The van der Waals surface area contributed by atoms with Crippen molar-refractivity contribution in [2.75, 3.05) is 6.61 Å². The van der Waals surface area contributed by atoms with Crippen molar-refractivity contribution in [2.45, 2.75) is 12.5 Å². The predicted octanol–water partition coefficient (Wildman–Crippen LogP) is 1.72. The Hall–Kier alpha value is -0.570. The Kier molecular flexibility index (Phi) is 3.53.